The van der Waals surface area contributed by atoms with Crippen LogP contribution < -0.4 is 9.80 Å². The van der Waals surface area contributed by atoms with Gasteiger partial charge in [-0.2, -0.15) is 0 Å². The predicted molar refractivity (Wildman–Crippen MR) is 212 cm³/mol. The van der Waals surface area contributed by atoms with Gasteiger partial charge in [-0.25, -0.2) is 4.98 Å². The van der Waals surface area contributed by atoms with Gasteiger partial charge in [-0.15, -0.1) is 0 Å². The van der Waals surface area contributed by atoms with E-state index in [0.717, 1.165) is 23.5 Å². The maximum Gasteiger partial charge on any atom is 0.137 e. The summed E-state index contributed by atoms with van der Waals surface area (Å²) in [7, 11) is 0. The fourth-order valence-electron chi connectivity index (χ4n) is 8.93. The van der Waals surface area contributed by atoms with Crippen LogP contribution in [-0.4, -0.2) is 22.3 Å². The number of benzene rings is 6. The van der Waals surface area contributed by atoms with Crippen LogP contribution in [0.2, 0.25) is 0 Å². The molecule has 0 amide bonds. The van der Waals surface area contributed by atoms with Crippen molar-refractivity contribution in [1.82, 2.24) is 9.55 Å². The van der Waals surface area contributed by atoms with E-state index in [4.69, 9.17) is 4.98 Å². The number of hydrogen-bond acceptors (Lipinski definition) is 3. The lowest BCUT2D eigenvalue weighted by atomic mass is 9.67. The number of para-hydroxylation sites is 3. The average Bonchev–Trinajstić information content (AvgIpc) is 3.82. The van der Waals surface area contributed by atoms with Crippen molar-refractivity contribution in [2.75, 3.05) is 16.5 Å². The summed E-state index contributed by atoms with van der Waals surface area (Å²) in [5.41, 5.74) is 14.4. The molecule has 2 aromatic heterocycles. The summed E-state index contributed by atoms with van der Waals surface area (Å²) >= 11 is 0. The highest BCUT2D eigenvalue weighted by atomic mass is 15.4. The zero-order valence-corrected chi connectivity index (χ0v) is 29.1. The van der Waals surface area contributed by atoms with Gasteiger partial charge in [-0.3, -0.25) is 4.57 Å². The third kappa shape index (κ3) is 4.23. The standard InChI is InChI=1S/C47H38N4/c1-31(2)49-30-50(44-22-11-10-21-43(44)49)35-14-12-13-33(28-35)47(40-18-7-4-15-36(40)37-16-5-8-19-41(37)47)34-23-24-39-38-17-6-9-20-42(38)51(45(39)29-34)46-27-32(3)25-26-48-46/h4-29,31H,30H2,1-3H3. The zero-order valence-electron chi connectivity index (χ0n) is 29.1. The molecule has 4 heteroatoms. The van der Waals surface area contributed by atoms with Gasteiger partial charge in [0.05, 0.1) is 34.5 Å². The molecule has 246 valence electrons. The maximum atomic E-state index is 4.90. The first-order valence-corrected chi connectivity index (χ1v) is 17.9. The molecule has 6 aromatic carbocycles. The molecule has 0 spiro atoms. The first kappa shape index (κ1) is 29.8. The number of hydrogen-bond donors (Lipinski definition) is 0. The van der Waals surface area contributed by atoms with Gasteiger partial charge < -0.3 is 9.80 Å². The monoisotopic (exact) mass is 658 g/mol. The van der Waals surface area contributed by atoms with Gasteiger partial charge >= 0.3 is 0 Å². The Bertz CT molecular complexity index is 2600. The maximum absolute atomic E-state index is 4.90. The SMILES string of the molecule is Cc1ccnc(-n2c3ccccc3c3ccc(C4(c5cccc(N6CN(C(C)C)c7ccccc76)c5)c5ccccc5-c5ccccc54)cc32)c1. The van der Waals surface area contributed by atoms with Crippen LogP contribution in [0.25, 0.3) is 38.8 Å². The molecule has 0 radical (unpaired) electrons. The molecule has 0 saturated carbocycles. The van der Waals surface area contributed by atoms with Gasteiger partial charge in [-0.1, -0.05) is 103 Å². The molecule has 1 aliphatic carbocycles. The Hall–Kier alpha value is -6.13. The van der Waals surface area contributed by atoms with Crippen LogP contribution in [0.15, 0.2) is 158 Å². The summed E-state index contributed by atoms with van der Waals surface area (Å²) in [6.45, 7) is 7.51. The number of aryl methyl sites for hydroxylation is 1. The molecule has 0 unspecified atom stereocenters. The van der Waals surface area contributed by atoms with Crippen molar-refractivity contribution in [3.05, 3.63) is 186 Å². The Morgan fingerprint density at radius 3 is 2.02 bits per heavy atom. The van der Waals surface area contributed by atoms with E-state index in [9.17, 15) is 0 Å². The van der Waals surface area contributed by atoms with Crippen molar-refractivity contribution in [2.24, 2.45) is 0 Å². The summed E-state index contributed by atoms with van der Waals surface area (Å²) in [6, 6.07) is 56.7. The molecular weight excluding hydrogens is 621 g/mol. The highest BCUT2D eigenvalue weighted by Gasteiger charge is 2.46. The lowest BCUT2D eigenvalue weighted by molar-refractivity contribution is 0.708. The summed E-state index contributed by atoms with van der Waals surface area (Å²) in [6.07, 6.45) is 1.92. The molecule has 1 aliphatic heterocycles. The number of aromatic nitrogens is 2. The minimum atomic E-state index is -0.546. The lowest BCUT2D eigenvalue weighted by Crippen LogP contribution is -2.33. The van der Waals surface area contributed by atoms with Gasteiger partial charge in [0.15, 0.2) is 0 Å². The van der Waals surface area contributed by atoms with E-state index in [1.807, 2.05) is 6.20 Å². The van der Waals surface area contributed by atoms with Gasteiger partial charge in [0.2, 0.25) is 0 Å². The largest absolute Gasteiger partial charge is 0.349 e. The van der Waals surface area contributed by atoms with Gasteiger partial charge in [-0.05, 0) is 108 Å². The van der Waals surface area contributed by atoms with Crippen molar-refractivity contribution >= 4 is 38.9 Å². The Labute approximate surface area is 298 Å². The highest BCUT2D eigenvalue weighted by Crippen LogP contribution is 2.57. The van der Waals surface area contributed by atoms with Crippen LogP contribution in [0, 0.1) is 6.92 Å². The number of pyridine rings is 1. The van der Waals surface area contributed by atoms with E-state index in [1.54, 1.807) is 0 Å². The molecule has 0 N–H and O–H groups in total. The minimum absolute atomic E-state index is 0.389. The second-order valence-electron chi connectivity index (χ2n) is 14.3. The molecule has 0 saturated heterocycles. The van der Waals surface area contributed by atoms with E-state index < -0.39 is 5.41 Å². The Morgan fingerprint density at radius 1 is 0.588 bits per heavy atom. The first-order chi connectivity index (χ1) is 25.0. The fraction of sp³-hybridized carbons (Fsp3) is 0.128. The molecule has 3 heterocycles. The van der Waals surface area contributed by atoms with Crippen LogP contribution in [0.3, 0.4) is 0 Å². The molecule has 51 heavy (non-hydrogen) atoms. The normalized spacial score (nSPS) is 14.4. The lowest BCUT2D eigenvalue weighted by Gasteiger charge is -2.35. The quantitative estimate of drug-likeness (QED) is 0.184. The molecule has 0 atom stereocenters. The molecule has 8 aromatic rings. The van der Waals surface area contributed by atoms with Crippen LogP contribution >= 0.6 is 0 Å². The number of nitrogens with zero attached hydrogens (tertiary/aromatic N) is 4. The first-order valence-electron chi connectivity index (χ1n) is 17.9. The van der Waals surface area contributed by atoms with Crippen molar-refractivity contribution in [1.29, 1.82) is 0 Å². The van der Waals surface area contributed by atoms with E-state index in [0.29, 0.717) is 6.04 Å². The Morgan fingerprint density at radius 2 is 1.25 bits per heavy atom. The number of rotatable bonds is 5. The molecule has 0 fully saturated rings. The van der Waals surface area contributed by atoms with Crippen LogP contribution in [0.4, 0.5) is 17.1 Å². The molecular formula is C47H38N4. The Kier molecular flexibility index (Phi) is 6.53. The van der Waals surface area contributed by atoms with Gasteiger partial charge in [0.25, 0.3) is 0 Å². The van der Waals surface area contributed by atoms with Crippen molar-refractivity contribution in [3.63, 3.8) is 0 Å². The summed E-state index contributed by atoms with van der Waals surface area (Å²) in [4.78, 5) is 9.87. The van der Waals surface area contributed by atoms with Gasteiger partial charge in [0, 0.05) is 28.7 Å². The summed E-state index contributed by atoms with van der Waals surface area (Å²) < 4.78 is 2.35. The predicted octanol–water partition coefficient (Wildman–Crippen LogP) is 11.2. The summed E-state index contributed by atoms with van der Waals surface area (Å²) in [5, 5.41) is 2.46. The fourth-order valence-corrected chi connectivity index (χ4v) is 8.93. The highest BCUT2D eigenvalue weighted by molar-refractivity contribution is 6.09. The average molecular weight is 659 g/mol. The number of anilines is 3. The van der Waals surface area contributed by atoms with Crippen LogP contribution in [-0.2, 0) is 5.41 Å². The summed E-state index contributed by atoms with van der Waals surface area (Å²) in [5.74, 6) is 0.934. The zero-order chi connectivity index (χ0) is 34.3. The number of fused-ring (bicyclic) bond motifs is 7. The van der Waals surface area contributed by atoms with E-state index >= 15 is 0 Å². The molecule has 2 aliphatic rings. The third-order valence-corrected chi connectivity index (χ3v) is 11.2. The van der Waals surface area contributed by atoms with Crippen molar-refractivity contribution in [3.8, 4) is 16.9 Å². The van der Waals surface area contributed by atoms with Crippen LogP contribution in [0.1, 0.15) is 41.7 Å². The second kappa shape index (κ2) is 11.2. The topological polar surface area (TPSA) is 24.3 Å². The Balaban J connectivity index is 1.27. The van der Waals surface area contributed by atoms with Crippen molar-refractivity contribution < 1.29 is 0 Å². The van der Waals surface area contributed by atoms with Crippen LogP contribution in [0.5, 0.6) is 0 Å². The van der Waals surface area contributed by atoms with Gasteiger partial charge in [0.1, 0.15) is 5.82 Å². The second-order valence-corrected chi connectivity index (χ2v) is 14.3. The smallest absolute Gasteiger partial charge is 0.137 e. The van der Waals surface area contributed by atoms with E-state index in [2.05, 4.69) is 187 Å². The van der Waals surface area contributed by atoms with E-state index in [-0.39, 0.29) is 0 Å². The minimum Gasteiger partial charge on any atom is -0.349 e. The van der Waals surface area contributed by atoms with Crippen molar-refractivity contribution in [2.45, 2.75) is 32.2 Å². The molecule has 10 rings (SSSR count). The third-order valence-electron chi connectivity index (χ3n) is 11.2. The van der Waals surface area contributed by atoms with E-state index in [1.165, 1.54) is 66.8 Å². The molecule has 0 bridgehead atoms. The molecule has 4 nitrogen and oxygen atoms in total.